The monoisotopic (exact) mass is 292 g/mol. The summed E-state index contributed by atoms with van der Waals surface area (Å²) in [4.78, 5) is 12.3. The number of hydrogen-bond acceptors (Lipinski definition) is 4. The third-order valence-electron chi connectivity index (χ3n) is 3.96. The van der Waals surface area contributed by atoms with Gasteiger partial charge in [-0.05, 0) is 50.9 Å². The van der Waals surface area contributed by atoms with Gasteiger partial charge in [0, 0.05) is 17.7 Å². The lowest BCUT2D eigenvalue weighted by Crippen LogP contribution is -2.38. The standard InChI is InChI=1S/C16H24N2O3/c1-11-14(20-2)7-13(8-15(11)21-3)16(19)18-10-12-5-4-6-17-9-12/h7-8,12,17H,4-6,9-10H2,1-3H3,(H,18,19). The van der Waals surface area contributed by atoms with Crippen molar-refractivity contribution >= 4 is 5.91 Å². The first kappa shape index (κ1) is 15.6. The molecule has 0 bridgehead atoms. The lowest BCUT2D eigenvalue weighted by Gasteiger charge is -2.23. The van der Waals surface area contributed by atoms with Gasteiger partial charge in [-0.25, -0.2) is 0 Å². The highest BCUT2D eigenvalue weighted by Crippen LogP contribution is 2.29. The summed E-state index contributed by atoms with van der Waals surface area (Å²) in [6, 6.07) is 3.51. The summed E-state index contributed by atoms with van der Waals surface area (Å²) in [6.45, 7) is 4.66. The van der Waals surface area contributed by atoms with E-state index in [-0.39, 0.29) is 5.91 Å². The lowest BCUT2D eigenvalue weighted by molar-refractivity contribution is 0.0944. The first-order chi connectivity index (χ1) is 10.2. The van der Waals surface area contributed by atoms with Gasteiger partial charge in [0.1, 0.15) is 11.5 Å². The van der Waals surface area contributed by atoms with Gasteiger partial charge in [0.25, 0.3) is 5.91 Å². The number of methoxy groups -OCH3 is 2. The second-order valence-electron chi connectivity index (χ2n) is 5.43. The zero-order valence-electron chi connectivity index (χ0n) is 13.0. The van der Waals surface area contributed by atoms with Crippen LogP contribution in [0.4, 0.5) is 0 Å². The lowest BCUT2D eigenvalue weighted by atomic mass is 9.99. The van der Waals surface area contributed by atoms with Gasteiger partial charge in [-0.15, -0.1) is 0 Å². The molecule has 1 aliphatic heterocycles. The molecule has 1 fully saturated rings. The molecule has 21 heavy (non-hydrogen) atoms. The first-order valence-electron chi connectivity index (χ1n) is 7.37. The molecule has 1 unspecified atom stereocenters. The van der Waals surface area contributed by atoms with Crippen molar-refractivity contribution in [3.63, 3.8) is 0 Å². The Labute approximate surface area is 126 Å². The van der Waals surface area contributed by atoms with Crippen molar-refractivity contribution < 1.29 is 14.3 Å². The minimum Gasteiger partial charge on any atom is -0.496 e. The van der Waals surface area contributed by atoms with Crippen molar-refractivity contribution in [2.24, 2.45) is 5.92 Å². The Hall–Kier alpha value is -1.75. The van der Waals surface area contributed by atoms with Gasteiger partial charge in [-0.3, -0.25) is 4.79 Å². The average Bonchev–Trinajstić information content (AvgIpc) is 2.53. The zero-order chi connectivity index (χ0) is 15.2. The molecule has 1 aliphatic rings. The summed E-state index contributed by atoms with van der Waals surface area (Å²) < 4.78 is 10.6. The summed E-state index contributed by atoms with van der Waals surface area (Å²) in [7, 11) is 3.19. The molecule has 0 radical (unpaired) electrons. The Balaban J connectivity index is 2.04. The molecule has 0 saturated carbocycles. The Morgan fingerprint density at radius 3 is 2.52 bits per heavy atom. The molecule has 1 aromatic rings. The van der Waals surface area contributed by atoms with Crippen LogP contribution in [0.5, 0.6) is 11.5 Å². The summed E-state index contributed by atoms with van der Waals surface area (Å²) in [6.07, 6.45) is 2.33. The van der Waals surface area contributed by atoms with Gasteiger partial charge in [-0.1, -0.05) is 0 Å². The van der Waals surface area contributed by atoms with Crippen molar-refractivity contribution in [1.82, 2.24) is 10.6 Å². The van der Waals surface area contributed by atoms with E-state index in [1.165, 1.54) is 6.42 Å². The van der Waals surface area contributed by atoms with E-state index in [9.17, 15) is 4.79 Å². The van der Waals surface area contributed by atoms with E-state index < -0.39 is 0 Å². The summed E-state index contributed by atoms with van der Waals surface area (Å²) in [5.74, 6) is 1.76. The van der Waals surface area contributed by atoms with E-state index in [2.05, 4.69) is 10.6 Å². The fourth-order valence-corrected chi connectivity index (χ4v) is 2.65. The maximum absolute atomic E-state index is 12.3. The van der Waals surface area contributed by atoms with Crippen LogP contribution in [0.15, 0.2) is 12.1 Å². The fourth-order valence-electron chi connectivity index (χ4n) is 2.65. The van der Waals surface area contributed by atoms with Gasteiger partial charge in [0.15, 0.2) is 0 Å². The second kappa shape index (κ2) is 7.31. The molecular formula is C16H24N2O3. The number of amides is 1. The molecule has 1 heterocycles. The zero-order valence-corrected chi connectivity index (χ0v) is 13.0. The molecule has 1 saturated heterocycles. The highest BCUT2D eigenvalue weighted by molar-refractivity contribution is 5.95. The topological polar surface area (TPSA) is 59.6 Å². The Morgan fingerprint density at radius 1 is 1.33 bits per heavy atom. The predicted molar refractivity (Wildman–Crippen MR) is 82.2 cm³/mol. The van der Waals surface area contributed by atoms with Crippen LogP contribution in [0.2, 0.25) is 0 Å². The van der Waals surface area contributed by atoms with Crippen LogP contribution in [0.3, 0.4) is 0 Å². The van der Waals surface area contributed by atoms with Crippen molar-refractivity contribution in [2.45, 2.75) is 19.8 Å². The van der Waals surface area contributed by atoms with Crippen LogP contribution in [0, 0.1) is 12.8 Å². The molecule has 0 aliphatic carbocycles. The number of hydrogen-bond donors (Lipinski definition) is 2. The number of carbonyl (C=O) groups is 1. The summed E-state index contributed by atoms with van der Waals surface area (Å²) >= 11 is 0. The largest absolute Gasteiger partial charge is 0.496 e. The number of rotatable bonds is 5. The summed E-state index contributed by atoms with van der Waals surface area (Å²) in [5, 5.41) is 6.35. The quantitative estimate of drug-likeness (QED) is 0.868. The van der Waals surface area contributed by atoms with Gasteiger partial charge in [0.05, 0.1) is 14.2 Å². The maximum Gasteiger partial charge on any atom is 0.251 e. The molecule has 116 valence electrons. The summed E-state index contributed by atoms with van der Waals surface area (Å²) in [5.41, 5.74) is 1.46. The molecule has 1 aromatic carbocycles. The van der Waals surface area contributed by atoms with Crippen molar-refractivity contribution in [3.05, 3.63) is 23.3 Å². The maximum atomic E-state index is 12.3. The van der Waals surface area contributed by atoms with E-state index in [1.807, 2.05) is 6.92 Å². The van der Waals surface area contributed by atoms with E-state index in [4.69, 9.17) is 9.47 Å². The number of ether oxygens (including phenoxy) is 2. The third kappa shape index (κ3) is 3.88. The van der Waals surface area contributed by atoms with Crippen molar-refractivity contribution in [3.8, 4) is 11.5 Å². The van der Waals surface area contributed by atoms with Crippen molar-refractivity contribution in [1.29, 1.82) is 0 Å². The number of piperidine rings is 1. The number of benzene rings is 1. The third-order valence-corrected chi connectivity index (χ3v) is 3.96. The molecular weight excluding hydrogens is 268 g/mol. The van der Waals surface area contributed by atoms with E-state index in [0.29, 0.717) is 29.5 Å². The Kier molecular flexibility index (Phi) is 5.44. The van der Waals surface area contributed by atoms with Crippen LogP contribution in [0.25, 0.3) is 0 Å². The molecule has 2 N–H and O–H groups in total. The number of carbonyl (C=O) groups excluding carboxylic acids is 1. The molecule has 1 atom stereocenters. The van der Waals surface area contributed by atoms with E-state index in [0.717, 1.165) is 25.1 Å². The van der Waals surface area contributed by atoms with Gasteiger partial charge < -0.3 is 20.1 Å². The Morgan fingerprint density at radius 2 is 2.00 bits per heavy atom. The van der Waals surface area contributed by atoms with Crippen LogP contribution < -0.4 is 20.1 Å². The van der Waals surface area contributed by atoms with E-state index in [1.54, 1.807) is 26.4 Å². The van der Waals surface area contributed by atoms with Gasteiger partial charge in [0.2, 0.25) is 0 Å². The van der Waals surface area contributed by atoms with Crippen LogP contribution in [-0.2, 0) is 0 Å². The van der Waals surface area contributed by atoms with E-state index >= 15 is 0 Å². The Bertz CT molecular complexity index is 471. The average molecular weight is 292 g/mol. The first-order valence-corrected chi connectivity index (χ1v) is 7.37. The van der Waals surface area contributed by atoms with Crippen LogP contribution in [0.1, 0.15) is 28.8 Å². The fraction of sp³-hybridized carbons (Fsp3) is 0.562. The minimum absolute atomic E-state index is 0.0860. The van der Waals surface area contributed by atoms with Gasteiger partial charge in [-0.2, -0.15) is 0 Å². The van der Waals surface area contributed by atoms with Crippen LogP contribution >= 0.6 is 0 Å². The molecule has 2 rings (SSSR count). The normalized spacial score (nSPS) is 18.1. The predicted octanol–water partition coefficient (Wildman–Crippen LogP) is 1.74. The second-order valence-corrected chi connectivity index (χ2v) is 5.43. The van der Waals surface area contributed by atoms with Crippen molar-refractivity contribution in [2.75, 3.05) is 33.9 Å². The smallest absolute Gasteiger partial charge is 0.251 e. The molecule has 5 nitrogen and oxygen atoms in total. The highest BCUT2D eigenvalue weighted by Gasteiger charge is 2.16. The molecule has 1 amide bonds. The SMILES string of the molecule is COc1cc(C(=O)NCC2CCCNC2)cc(OC)c1C. The highest BCUT2D eigenvalue weighted by atomic mass is 16.5. The molecule has 0 aromatic heterocycles. The number of nitrogens with one attached hydrogen (secondary N) is 2. The van der Waals surface area contributed by atoms with Crippen LogP contribution in [-0.4, -0.2) is 39.8 Å². The molecule has 0 spiro atoms. The minimum atomic E-state index is -0.0860. The molecule has 5 heteroatoms. The van der Waals surface area contributed by atoms with Gasteiger partial charge >= 0.3 is 0 Å².